The summed E-state index contributed by atoms with van der Waals surface area (Å²) in [5.41, 5.74) is 25.5. The molecule has 11 rings (SSSR count). The van der Waals surface area contributed by atoms with E-state index in [0.717, 1.165) is 17.1 Å². The van der Waals surface area contributed by atoms with Crippen LogP contribution in [0.4, 0.5) is 17.1 Å². The van der Waals surface area contributed by atoms with E-state index < -0.39 is 5.41 Å². The summed E-state index contributed by atoms with van der Waals surface area (Å²) in [6.07, 6.45) is 0. The van der Waals surface area contributed by atoms with Crippen LogP contribution in [0.15, 0.2) is 170 Å². The fourth-order valence-electron chi connectivity index (χ4n) is 11.1. The molecule has 8 aromatic rings. The average Bonchev–Trinajstić information content (AvgIpc) is 3.79. The molecule has 0 saturated heterocycles. The number of aryl methyl sites for hydroxylation is 2. The molecule has 1 spiro atoms. The van der Waals surface area contributed by atoms with E-state index in [1.54, 1.807) is 0 Å². The normalized spacial score (nSPS) is 16.3. The van der Waals surface area contributed by atoms with Crippen molar-refractivity contribution in [2.24, 2.45) is 0 Å². The summed E-state index contributed by atoms with van der Waals surface area (Å²) in [5, 5.41) is 0. The molecule has 1 atom stereocenters. The van der Waals surface area contributed by atoms with Gasteiger partial charge in [-0.2, -0.15) is 0 Å². The fraction of sp³-hybridized carbons (Fsp3) is 0.172. The minimum Gasteiger partial charge on any atom is -0.310 e. The first-order chi connectivity index (χ1) is 28.5. The molecule has 0 aliphatic heterocycles. The molecular weight excluding hydrogens is 711 g/mol. The van der Waals surface area contributed by atoms with E-state index in [-0.39, 0.29) is 10.8 Å². The fourth-order valence-corrected chi connectivity index (χ4v) is 11.1. The zero-order valence-corrected chi connectivity index (χ0v) is 35.1. The van der Waals surface area contributed by atoms with E-state index in [0.29, 0.717) is 0 Å². The molecule has 0 heterocycles. The molecule has 0 fully saturated rings. The molecule has 8 aromatic carbocycles. The maximum absolute atomic E-state index is 2.53. The molecule has 1 nitrogen and oxygen atoms in total. The van der Waals surface area contributed by atoms with Gasteiger partial charge in [-0.05, 0) is 150 Å². The Bertz CT molecular complexity index is 3010. The first kappa shape index (κ1) is 35.7. The molecule has 286 valence electrons. The van der Waals surface area contributed by atoms with Crippen LogP contribution >= 0.6 is 0 Å². The van der Waals surface area contributed by atoms with Crippen LogP contribution in [-0.4, -0.2) is 0 Å². The van der Waals surface area contributed by atoms with Crippen molar-refractivity contribution in [3.05, 3.63) is 220 Å². The van der Waals surface area contributed by atoms with Gasteiger partial charge in [-0.15, -0.1) is 0 Å². The van der Waals surface area contributed by atoms with Crippen molar-refractivity contribution in [3.63, 3.8) is 0 Å². The van der Waals surface area contributed by atoms with Gasteiger partial charge in [0.1, 0.15) is 0 Å². The van der Waals surface area contributed by atoms with Crippen LogP contribution < -0.4 is 4.90 Å². The van der Waals surface area contributed by atoms with Gasteiger partial charge in [0.15, 0.2) is 0 Å². The molecule has 0 radical (unpaired) electrons. The van der Waals surface area contributed by atoms with Gasteiger partial charge in [-0.3, -0.25) is 0 Å². The van der Waals surface area contributed by atoms with Gasteiger partial charge >= 0.3 is 0 Å². The van der Waals surface area contributed by atoms with Crippen molar-refractivity contribution < 1.29 is 0 Å². The number of hydrogen-bond donors (Lipinski definition) is 0. The summed E-state index contributed by atoms with van der Waals surface area (Å²) in [6, 6.07) is 64.8. The Labute approximate surface area is 349 Å². The highest BCUT2D eigenvalue weighted by Crippen LogP contribution is 2.64. The third kappa shape index (κ3) is 4.97. The lowest BCUT2D eigenvalue weighted by Crippen LogP contribution is -2.27. The van der Waals surface area contributed by atoms with Crippen LogP contribution in [0.2, 0.25) is 0 Å². The van der Waals surface area contributed by atoms with Crippen molar-refractivity contribution in [3.8, 4) is 44.5 Å². The number of rotatable bonds is 4. The second-order valence-corrected chi connectivity index (χ2v) is 18.6. The van der Waals surface area contributed by atoms with Crippen molar-refractivity contribution in [2.45, 2.75) is 64.7 Å². The highest BCUT2D eigenvalue weighted by molar-refractivity contribution is 5.97. The first-order valence-electron chi connectivity index (χ1n) is 21.2. The minimum absolute atomic E-state index is 0.00603. The molecule has 3 aliphatic rings. The molecular formula is C58H49N. The number of hydrogen-bond acceptors (Lipinski definition) is 1. The maximum atomic E-state index is 2.53. The number of benzene rings is 8. The van der Waals surface area contributed by atoms with Crippen molar-refractivity contribution >= 4 is 17.1 Å². The highest BCUT2D eigenvalue weighted by Gasteiger charge is 2.52. The van der Waals surface area contributed by atoms with Crippen LogP contribution in [0, 0.1) is 13.8 Å². The molecule has 1 heteroatoms. The lowest BCUT2D eigenvalue weighted by molar-refractivity contribution is 0.588. The molecule has 1 unspecified atom stereocenters. The lowest BCUT2D eigenvalue weighted by Gasteiger charge is -2.33. The Balaban J connectivity index is 1.19. The van der Waals surface area contributed by atoms with Crippen LogP contribution in [0.25, 0.3) is 44.5 Å². The molecule has 0 saturated carbocycles. The molecule has 3 aliphatic carbocycles. The first-order valence-corrected chi connectivity index (χ1v) is 21.2. The summed E-state index contributed by atoms with van der Waals surface area (Å²) in [4.78, 5) is 2.51. The second kappa shape index (κ2) is 12.5. The summed E-state index contributed by atoms with van der Waals surface area (Å²) < 4.78 is 0. The van der Waals surface area contributed by atoms with Gasteiger partial charge in [0.05, 0.1) is 5.41 Å². The van der Waals surface area contributed by atoms with E-state index in [4.69, 9.17) is 0 Å². The number of anilines is 3. The quantitative estimate of drug-likeness (QED) is 0.173. The third-order valence-electron chi connectivity index (χ3n) is 13.9. The smallest absolute Gasteiger partial charge is 0.0726 e. The number of fused-ring (bicyclic) bond motifs is 13. The summed E-state index contributed by atoms with van der Waals surface area (Å²) >= 11 is 0. The topological polar surface area (TPSA) is 3.24 Å². The van der Waals surface area contributed by atoms with Gasteiger partial charge in [0.2, 0.25) is 0 Å². The number of nitrogens with zero attached hydrogens (tertiary/aromatic N) is 1. The summed E-state index contributed by atoms with van der Waals surface area (Å²) in [6.45, 7) is 16.2. The highest BCUT2D eigenvalue weighted by atomic mass is 15.1. The van der Waals surface area contributed by atoms with Crippen molar-refractivity contribution in [1.82, 2.24) is 0 Å². The Kier molecular flexibility index (Phi) is 7.58. The SMILES string of the molecule is Cc1cccc(C)c1-c1cccc(N(c2ccc3c(c2)C(C)(C)c2ccccc2-3)c2ccc3c(c2)C2(c4ccccc4-3)c3ccccc3-c3ccc(C(C)(C)C)cc32)c1. The van der Waals surface area contributed by atoms with E-state index in [9.17, 15) is 0 Å². The van der Waals surface area contributed by atoms with Gasteiger partial charge in [0, 0.05) is 22.5 Å². The zero-order valence-electron chi connectivity index (χ0n) is 35.1. The monoisotopic (exact) mass is 759 g/mol. The molecule has 0 N–H and O–H groups in total. The standard InChI is InChI=1S/C58H49N/c1-36-16-14-17-37(2)55(36)38-18-15-19-40(32-38)59(41-27-30-46-43-20-8-11-23-49(43)57(6,7)52(46)34-41)42-28-31-48-45-22-10-13-25-51(45)58(54(48)35-42)50-24-12-9-21-44(50)47-29-26-39(33-53(47)58)56(3,4)5/h8-35H,1-7H3. The van der Waals surface area contributed by atoms with Crippen LogP contribution in [0.1, 0.15) is 84.7 Å². The molecule has 59 heavy (non-hydrogen) atoms. The predicted molar refractivity (Wildman–Crippen MR) is 249 cm³/mol. The predicted octanol–water partition coefficient (Wildman–Crippen LogP) is 15.4. The Morgan fingerprint density at radius 3 is 1.46 bits per heavy atom. The Morgan fingerprint density at radius 1 is 0.390 bits per heavy atom. The Morgan fingerprint density at radius 2 is 0.847 bits per heavy atom. The van der Waals surface area contributed by atoms with Crippen molar-refractivity contribution in [2.75, 3.05) is 4.90 Å². The van der Waals surface area contributed by atoms with Gasteiger partial charge < -0.3 is 4.90 Å². The van der Waals surface area contributed by atoms with E-state index in [2.05, 4.69) is 223 Å². The maximum Gasteiger partial charge on any atom is 0.0726 e. The third-order valence-corrected chi connectivity index (χ3v) is 13.9. The zero-order chi connectivity index (χ0) is 40.4. The van der Waals surface area contributed by atoms with Crippen LogP contribution in [0.5, 0.6) is 0 Å². The van der Waals surface area contributed by atoms with Crippen molar-refractivity contribution in [1.29, 1.82) is 0 Å². The van der Waals surface area contributed by atoms with Gasteiger partial charge in [-0.25, -0.2) is 0 Å². The van der Waals surface area contributed by atoms with Crippen LogP contribution in [0.3, 0.4) is 0 Å². The van der Waals surface area contributed by atoms with E-state index >= 15 is 0 Å². The van der Waals surface area contributed by atoms with E-state index in [1.807, 2.05) is 0 Å². The summed E-state index contributed by atoms with van der Waals surface area (Å²) in [5.74, 6) is 0. The molecule has 0 aromatic heterocycles. The van der Waals surface area contributed by atoms with Gasteiger partial charge in [-0.1, -0.05) is 168 Å². The van der Waals surface area contributed by atoms with Crippen LogP contribution in [-0.2, 0) is 16.2 Å². The van der Waals surface area contributed by atoms with Gasteiger partial charge in [0.25, 0.3) is 0 Å². The second-order valence-electron chi connectivity index (χ2n) is 18.6. The molecule has 0 bridgehead atoms. The minimum atomic E-state index is -0.456. The Hall–Kier alpha value is -6.44. The largest absolute Gasteiger partial charge is 0.310 e. The average molecular weight is 760 g/mol. The van der Waals surface area contributed by atoms with E-state index in [1.165, 1.54) is 94.6 Å². The lowest BCUT2D eigenvalue weighted by atomic mass is 9.69. The summed E-state index contributed by atoms with van der Waals surface area (Å²) in [7, 11) is 0. The molecule has 0 amide bonds.